The number of benzene rings is 1. The quantitative estimate of drug-likeness (QED) is 0.501. The average Bonchev–Trinajstić information content (AvgIpc) is 2.86. The standard InChI is InChI=1S/C15H23N3O/c1-3-16-15(17-10-12-19-4-2)18-11-9-13-7-5-6-8-14(13)18/h5-8H,3-4,9-12H2,1-2H3,(H,16,17). The van der Waals surface area contributed by atoms with Crippen LogP contribution in [0.15, 0.2) is 29.3 Å². The largest absolute Gasteiger partial charge is 0.380 e. The number of fused-ring (bicyclic) bond motifs is 1. The maximum absolute atomic E-state index is 5.34. The molecule has 0 unspecified atom stereocenters. The lowest BCUT2D eigenvalue weighted by molar-refractivity contribution is 0.155. The Morgan fingerprint density at radius 3 is 3.00 bits per heavy atom. The van der Waals surface area contributed by atoms with E-state index in [2.05, 4.69) is 46.4 Å². The third-order valence-electron chi connectivity index (χ3n) is 3.18. The Morgan fingerprint density at radius 2 is 2.21 bits per heavy atom. The number of hydrogen-bond donors (Lipinski definition) is 1. The van der Waals surface area contributed by atoms with Gasteiger partial charge in [-0.15, -0.1) is 0 Å². The Bertz CT molecular complexity index is 431. The molecule has 0 radical (unpaired) electrons. The minimum absolute atomic E-state index is 0.681. The lowest BCUT2D eigenvalue weighted by Gasteiger charge is -2.22. The molecule has 0 fully saturated rings. The van der Waals surface area contributed by atoms with Crippen LogP contribution in [0.4, 0.5) is 5.69 Å². The van der Waals surface area contributed by atoms with Gasteiger partial charge < -0.3 is 15.0 Å². The maximum atomic E-state index is 5.34. The summed E-state index contributed by atoms with van der Waals surface area (Å²) < 4.78 is 5.34. The molecule has 0 spiro atoms. The van der Waals surface area contributed by atoms with Crippen LogP contribution in [-0.4, -0.2) is 38.8 Å². The number of guanidine groups is 1. The number of rotatable bonds is 5. The first-order valence-electron chi connectivity index (χ1n) is 7.08. The molecule has 19 heavy (non-hydrogen) atoms. The molecule has 104 valence electrons. The second kappa shape index (κ2) is 7.14. The molecular formula is C15H23N3O. The molecule has 1 aromatic carbocycles. The molecule has 0 bridgehead atoms. The Labute approximate surface area is 115 Å². The van der Waals surface area contributed by atoms with Gasteiger partial charge >= 0.3 is 0 Å². The summed E-state index contributed by atoms with van der Waals surface area (Å²) in [7, 11) is 0. The predicted octanol–water partition coefficient (Wildman–Crippen LogP) is 2.05. The lowest BCUT2D eigenvalue weighted by atomic mass is 10.2. The Balaban J connectivity index is 2.07. The molecule has 1 aliphatic heterocycles. The summed E-state index contributed by atoms with van der Waals surface area (Å²) in [5.74, 6) is 0.965. The van der Waals surface area contributed by atoms with E-state index in [9.17, 15) is 0 Å². The fourth-order valence-corrected chi connectivity index (χ4v) is 2.31. The van der Waals surface area contributed by atoms with Crippen molar-refractivity contribution in [3.05, 3.63) is 29.8 Å². The van der Waals surface area contributed by atoms with Gasteiger partial charge in [-0.2, -0.15) is 0 Å². The zero-order chi connectivity index (χ0) is 13.5. The van der Waals surface area contributed by atoms with Gasteiger partial charge in [0.05, 0.1) is 13.2 Å². The van der Waals surface area contributed by atoms with Crippen molar-refractivity contribution in [2.45, 2.75) is 20.3 Å². The van der Waals surface area contributed by atoms with Crippen molar-refractivity contribution in [3.8, 4) is 0 Å². The Morgan fingerprint density at radius 1 is 1.37 bits per heavy atom. The summed E-state index contributed by atoms with van der Waals surface area (Å²) in [5.41, 5.74) is 2.68. The highest BCUT2D eigenvalue weighted by molar-refractivity contribution is 5.97. The molecular weight excluding hydrogens is 238 g/mol. The van der Waals surface area contributed by atoms with Crippen molar-refractivity contribution >= 4 is 11.6 Å². The Hall–Kier alpha value is -1.55. The van der Waals surface area contributed by atoms with E-state index >= 15 is 0 Å². The van der Waals surface area contributed by atoms with E-state index < -0.39 is 0 Å². The number of nitrogens with one attached hydrogen (secondary N) is 1. The van der Waals surface area contributed by atoms with Crippen molar-refractivity contribution < 1.29 is 4.74 Å². The van der Waals surface area contributed by atoms with E-state index in [-0.39, 0.29) is 0 Å². The summed E-state index contributed by atoms with van der Waals surface area (Å²) in [4.78, 5) is 6.91. The average molecular weight is 261 g/mol. The maximum Gasteiger partial charge on any atom is 0.198 e. The molecule has 4 nitrogen and oxygen atoms in total. The van der Waals surface area contributed by atoms with Gasteiger partial charge in [0, 0.05) is 25.4 Å². The highest BCUT2D eigenvalue weighted by atomic mass is 16.5. The van der Waals surface area contributed by atoms with Crippen molar-refractivity contribution in [1.29, 1.82) is 0 Å². The molecule has 0 amide bonds. The monoisotopic (exact) mass is 261 g/mol. The number of aliphatic imine (C=N–C) groups is 1. The molecule has 0 aliphatic carbocycles. The first-order valence-corrected chi connectivity index (χ1v) is 7.08. The van der Waals surface area contributed by atoms with Gasteiger partial charge in [-0.3, -0.25) is 4.99 Å². The van der Waals surface area contributed by atoms with Gasteiger partial charge in [0.2, 0.25) is 0 Å². The first-order chi connectivity index (χ1) is 9.36. The van der Waals surface area contributed by atoms with E-state index in [1.54, 1.807) is 0 Å². The van der Waals surface area contributed by atoms with Crippen LogP contribution in [0.5, 0.6) is 0 Å². The number of hydrogen-bond acceptors (Lipinski definition) is 2. The lowest BCUT2D eigenvalue weighted by Crippen LogP contribution is -2.40. The predicted molar refractivity (Wildman–Crippen MR) is 80.0 cm³/mol. The zero-order valence-corrected chi connectivity index (χ0v) is 11.9. The minimum atomic E-state index is 0.681. The summed E-state index contributed by atoms with van der Waals surface area (Å²) in [6.07, 6.45) is 1.09. The third-order valence-corrected chi connectivity index (χ3v) is 3.18. The highest BCUT2D eigenvalue weighted by Crippen LogP contribution is 2.27. The summed E-state index contributed by atoms with van der Waals surface area (Å²) in [5, 5.41) is 3.36. The zero-order valence-electron chi connectivity index (χ0n) is 11.9. The van der Waals surface area contributed by atoms with Crippen LogP contribution in [0.2, 0.25) is 0 Å². The van der Waals surface area contributed by atoms with E-state index in [0.29, 0.717) is 13.2 Å². The minimum Gasteiger partial charge on any atom is -0.380 e. The second-order valence-corrected chi connectivity index (χ2v) is 4.46. The van der Waals surface area contributed by atoms with Crippen LogP contribution >= 0.6 is 0 Å². The molecule has 4 heteroatoms. The number of nitrogens with zero attached hydrogens (tertiary/aromatic N) is 2. The molecule has 1 aliphatic rings. The molecule has 0 atom stereocenters. The fraction of sp³-hybridized carbons (Fsp3) is 0.533. The SMILES string of the molecule is CCNC(=NCCOCC)N1CCc2ccccc21. The van der Waals surface area contributed by atoms with Gasteiger partial charge in [0.1, 0.15) is 0 Å². The van der Waals surface area contributed by atoms with Crippen LogP contribution in [-0.2, 0) is 11.2 Å². The summed E-state index contributed by atoms with van der Waals surface area (Å²) in [6.45, 7) is 8.12. The van der Waals surface area contributed by atoms with Gasteiger partial charge in [-0.25, -0.2) is 0 Å². The van der Waals surface area contributed by atoms with E-state index in [1.807, 2.05) is 6.92 Å². The van der Waals surface area contributed by atoms with E-state index in [4.69, 9.17) is 4.74 Å². The van der Waals surface area contributed by atoms with Crippen LogP contribution in [0.25, 0.3) is 0 Å². The van der Waals surface area contributed by atoms with Gasteiger partial charge in [0.15, 0.2) is 5.96 Å². The van der Waals surface area contributed by atoms with E-state index in [0.717, 1.165) is 32.1 Å². The molecule has 1 aromatic rings. The highest BCUT2D eigenvalue weighted by Gasteiger charge is 2.21. The number of anilines is 1. The van der Waals surface area contributed by atoms with Gasteiger partial charge in [0.25, 0.3) is 0 Å². The van der Waals surface area contributed by atoms with Crippen LogP contribution in [0.1, 0.15) is 19.4 Å². The van der Waals surface area contributed by atoms with Crippen molar-refractivity contribution in [1.82, 2.24) is 5.32 Å². The fourth-order valence-electron chi connectivity index (χ4n) is 2.31. The molecule has 1 heterocycles. The molecule has 1 N–H and O–H groups in total. The molecule has 0 saturated carbocycles. The number of para-hydroxylation sites is 1. The number of ether oxygens (including phenoxy) is 1. The first kappa shape index (κ1) is 13.9. The Kier molecular flexibility index (Phi) is 5.21. The van der Waals surface area contributed by atoms with Gasteiger partial charge in [-0.05, 0) is 31.9 Å². The molecule has 0 aromatic heterocycles. The smallest absolute Gasteiger partial charge is 0.198 e. The normalized spacial score (nSPS) is 14.6. The topological polar surface area (TPSA) is 36.9 Å². The van der Waals surface area contributed by atoms with Crippen LogP contribution in [0, 0.1) is 0 Å². The second-order valence-electron chi connectivity index (χ2n) is 4.46. The molecule has 2 rings (SSSR count). The van der Waals surface area contributed by atoms with Gasteiger partial charge in [-0.1, -0.05) is 18.2 Å². The van der Waals surface area contributed by atoms with E-state index in [1.165, 1.54) is 11.3 Å². The van der Waals surface area contributed by atoms with Crippen molar-refractivity contribution in [3.63, 3.8) is 0 Å². The summed E-state index contributed by atoms with van der Waals surface area (Å²) >= 11 is 0. The summed E-state index contributed by atoms with van der Waals surface area (Å²) in [6, 6.07) is 8.54. The van der Waals surface area contributed by atoms with Crippen LogP contribution < -0.4 is 10.2 Å². The molecule has 0 saturated heterocycles. The third kappa shape index (κ3) is 3.47. The van der Waals surface area contributed by atoms with Crippen molar-refractivity contribution in [2.75, 3.05) is 37.7 Å². The van der Waals surface area contributed by atoms with Crippen LogP contribution in [0.3, 0.4) is 0 Å². The van der Waals surface area contributed by atoms with Crippen molar-refractivity contribution in [2.24, 2.45) is 4.99 Å².